The first-order chi connectivity index (χ1) is 11.0. The maximum absolute atomic E-state index is 12.2. The zero-order valence-corrected chi connectivity index (χ0v) is 14.1. The van der Waals surface area contributed by atoms with Gasteiger partial charge < -0.3 is 9.15 Å². The van der Waals surface area contributed by atoms with Crippen molar-refractivity contribution < 1.29 is 13.9 Å². The van der Waals surface area contributed by atoms with Crippen LogP contribution in [0.5, 0.6) is 0 Å². The molecule has 0 aromatic carbocycles. The van der Waals surface area contributed by atoms with Gasteiger partial charge in [-0.05, 0) is 30.9 Å². The van der Waals surface area contributed by atoms with Crippen LogP contribution >= 0.6 is 22.7 Å². The molecule has 0 aliphatic carbocycles. The molecule has 0 aliphatic heterocycles. The summed E-state index contributed by atoms with van der Waals surface area (Å²) in [6.45, 7) is 3.33. The fourth-order valence-electron chi connectivity index (χ4n) is 2.17. The quantitative estimate of drug-likeness (QED) is 0.672. The molecule has 3 aromatic rings. The number of thiophene rings is 1. The summed E-state index contributed by atoms with van der Waals surface area (Å²) in [5.74, 6) is -0.258. The summed E-state index contributed by atoms with van der Waals surface area (Å²) in [7, 11) is 0. The summed E-state index contributed by atoms with van der Waals surface area (Å²) in [6, 6.07) is 3.28. The molecule has 0 aliphatic rings. The molecule has 0 saturated carbocycles. The van der Waals surface area contributed by atoms with Crippen LogP contribution in [0.2, 0.25) is 0 Å². The van der Waals surface area contributed by atoms with Gasteiger partial charge in [0.2, 0.25) is 0 Å². The predicted molar refractivity (Wildman–Crippen MR) is 89.0 cm³/mol. The van der Waals surface area contributed by atoms with E-state index in [1.165, 1.54) is 17.4 Å². The van der Waals surface area contributed by atoms with Crippen molar-refractivity contribution in [2.45, 2.75) is 20.5 Å². The Morgan fingerprint density at radius 1 is 1.35 bits per heavy atom. The van der Waals surface area contributed by atoms with Crippen molar-refractivity contribution in [1.29, 1.82) is 0 Å². The molecule has 3 heterocycles. The lowest BCUT2D eigenvalue weighted by Crippen LogP contribution is -2.12. The highest BCUT2D eigenvalue weighted by Gasteiger charge is 2.17. The second-order valence-electron chi connectivity index (χ2n) is 4.91. The first-order valence-electron chi connectivity index (χ1n) is 6.80. The van der Waals surface area contributed by atoms with Crippen LogP contribution in [0.1, 0.15) is 27.4 Å². The van der Waals surface area contributed by atoms with E-state index >= 15 is 0 Å². The Kier molecular flexibility index (Phi) is 4.40. The Bertz CT molecular complexity index is 867. The van der Waals surface area contributed by atoms with Crippen LogP contribution < -0.4 is 5.63 Å². The Morgan fingerprint density at radius 3 is 2.87 bits per heavy atom. The second-order valence-corrected chi connectivity index (χ2v) is 6.55. The van der Waals surface area contributed by atoms with E-state index in [4.69, 9.17) is 9.15 Å². The molecular weight excluding hydrogens is 334 g/mol. The minimum atomic E-state index is -0.520. The van der Waals surface area contributed by atoms with E-state index in [-0.39, 0.29) is 17.9 Å². The molecule has 5 nitrogen and oxygen atoms in total. The van der Waals surface area contributed by atoms with Crippen molar-refractivity contribution in [1.82, 2.24) is 4.98 Å². The third-order valence-corrected chi connectivity index (χ3v) is 4.83. The molecule has 0 spiro atoms. The maximum Gasteiger partial charge on any atom is 0.342 e. The summed E-state index contributed by atoms with van der Waals surface area (Å²) in [4.78, 5) is 27.9. The summed E-state index contributed by atoms with van der Waals surface area (Å²) in [5.41, 5.74) is 2.11. The summed E-state index contributed by atoms with van der Waals surface area (Å²) in [5, 5.41) is 6.78. The van der Waals surface area contributed by atoms with Gasteiger partial charge in [-0.25, -0.2) is 14.6 Å². The van der Waals surface area contributed by atoms with E-state index in [2.05, 4.69) is 4.98 Å². The number of hydrogen-bond acceptors (Lipinski definition) is 7. The van der Waals surface area contributed by atoms with E-state index < -0.39 is 11.6 Å². The van der Waals surface area contributed by atoms with Crippen LogP contribution in [0, 0.1) is 13.8 Å². The molecule has 118 valence electrons. The van der Waals surface area contributed by atoms with Gasteiger partial charge in [-0.1, -0.05) is 0 Å². The van der Waals surface area contributed by atoms with Gasteiger partial charge in [0.25, 0.3) is 0 Å². The highest BCUT2D eigenvalue weighted by Crippen LogP contribution is 2.26. The standard InChI is InChI=1S/C16H13NO4S2/c1-9-5-13(18)21-10(2)14(9)16(19)20-6-12-8-23-15(17-12)11-3-4-22-7-11/h3-5,7-8H,6H2,1-2H3. The normalized spacial score (nSPS) is 10.7. The molecule has 0 amide bonds. The van der Waals surface area contributed by atoms with E-state index in [9.17, 15) is 9.59 Å². The zero-order chi connectivity index (χ0) is 16.4. The third-order valence-electron chi connectivity index (χ3n) is 3.21. The number of aromatic nitrogens is 1. The molecule has 0 radical (unpaired) electrons. The number of ether oxygens (including phenoxy) is 1. The maximum atomic E-state index is 12.2. The molecule has 0 unspecified atom stereocenters. The Labute approximate surface area is 140 Å². The molecule has 0 saturated heterocycles. The van der Waals surface area contributed by atoms with Crippen molar-refractivity contribution in [3.05, 3.63) is 61.3 Å². The van der Waals surface area contributed by atoms with Crippen LogP contribution in [-0.2, 0) is 11.3 Å². The molecule has 3 aromatic heterocycles. The van der Waals surface area contributed by atoms with E-state index in [1.54, 1.807) is 25.2 Å². The van der Waals surface area contributed by atoms with Gasteiger partial charge in [0.1, 0.15) is 22.9 Å². The van der Waals surface area contributed by atoms with Gasteiger partial charge in [-0.15, -0.1) is 11.3 Å². The van der Waals surface area contributed by atoms with Crippen LogP contribution in [0.3, 0.4) is 0 Å². The molecule has 0 N–H and O–H groups in total. The minimum absolute atomic E-state index is 0.0808. The molecule has 0 atom stereocenters. The lowest BCUT2D eigenvalue weighted by molar-refractivity contribution is 0.0463. The SMILES string of the molecule is Cc1cc(=O)oc(C)c1C(=O)OCc1csc(-c2ccsc2)n1. The predicted octanol–water partition coefficient (Wildman–Crippen LogP) is 3.80. The second kappa shape index (κ2) is 6.47. The van der Waals surface area contributed by atoms with Gasteiger partial charge in [-0.2, -0.15) is 11.3 Å². The number of esters is 1. The smallest absolute Gasteiger partial charge is 0.342 e. The largest absolute Gasteiger partial charge is 0.455 e. The van der Waals surface area contributed by atoms with Crippen molar-refractivity contribution in [3.63, 3.8) is 0 Å². The van der Waals surface area contributed by atoms with Crippen LogP contribution in [0.15, 0.2) is 37.5 Å². The van der Waals surface area contributed by atoms with Gasteiger partial charge >= 0.3 is 11.6 Å². The average molecular weight is 347 g/mol. The summed E-state index contributed by atoms with van der Waals surface area (Å²) >= 11 is 3.12. The number of carbonyl (C=O) groups excluding carboxylic acids is 1. The molecule has 7 heteroatoms. The Balaban J connectivity index is 1.72. The molecule has 0 fully saturated rings. The summed E-state index contributed by atoms with van der Waals surface area (Å²) < 4.78 is 10.2. The highest BCUT2D eigenvalue weighted by molar-refractivity contribution is 7.14. The van der Waals surface area contributed by atoms with Crippen molar-refractivity contribution >= 4 is 28.6 Å². The van der Waals surface area contributed by atoms with E-state index in [0.717, 1.165) is 10.6 Å². The molecule has 3 rings (SSSR count). The van der Waals surface area contributed by atoms with Crippen LogP contribution in [0.4, 0.5) is 0 Å². The average Bonchev–Trinajstić information content (AvgIpc) is 3.15. The van der Waals surface area contributed by atoms with Crippen LogP contribution in [0.25, 0.3) is 10.6 Å². The first kappa shape index (κ1) is 15.6. The number of rotatable bonds is 4. The van der Waals surface area contributed by atoms with Crippen LogP contribution in [-0.4, -0.2) is 11.0 Å². The Hall–Kier alpha value is -2.25. The number of aryl methyl sites for hydroxylation is 2. The summed E-state index contributed by atoms with van der Waals surface area (Å²) in [6.07, 6.45) is 0. The number of hydrogen-bond donors (Lipinski definition) is 0. The lowest BCUT2D eigenvalue weighted by Gasteiger charge is -2.07. The fraction of sp³-hybridized carbons (Fsp3) is 0.188. The number of carbonyl (C=O) groups is 1. The highest BCUT2D eigenvalue weighted by atomic mass is 32.1. The molecular formula is C16H13NO4S2. The Morgan fingerprint density at radius 2 is 2.17 bits per heavy atom. The van der Waals surface area contributed by atoms with Gasteiger partial charge in [0.15, 0.2) is 0 Å². The zero-order valence-electron chi connectivity index (χ0n) is 12.5. The van der Waals surface area contributed by atoms with Crippen molar-refractivity contribution in [2.75, 3.05) is 0 Å². The molecule has 0 bridgehead atoms. The van der Waals surface area contributed by atoms with E-state index in [0.29, 0.717) is 11.3 Å². The van der Waals surface area contributed by atoms with Crippen molar-refractivity contribution in [2.24, 2.45) is 0 Å². The first-order valence-corrected chi connectivity index (χ1v) is 8.62. The third kappa shape index (κ3) is 3.40. The van der Waals surface area contributed by atoms with Crippen molar-refractivity contribution in [3.8, 4) is 10.6 Å². The minimum Gasteiger partial charge on any atom is -0.455 e. The van der Waals surface area contributed by atoms with E-state index in [1.807, 2.05) is 22.2 Å². The molecule has 23 heavy (non-hydrogen) atoms. The van der Waals surface area contributed by atoms with Gasteiger partial charge in [-0.3, -0.25) is 0 Å². The van der Waals surface area contributed by atoms with Gasteiger partial charge in [0.05, 0.1) is 5.69 Å². The number of nitrogens with zero attached hydrogens (tertiary/aromatic N) is 1. The monoisotopic (exact) mass is 347 g/mol. The van der Waals surface area contributed by atoms with Gasteiger partial charge in [0, 0.05) is 22.4 Å². The fourth-order valence-corrected chi connectivity index (χ4v) is 3.68. The number of thiazole rings is 1. The topological polar surface area (TPSA) is 69.4 Å². The lowest BCUT2D eigenvalue weighted by atomic mass is 10.1.